The van der Waals surface area contributed by atoms with Crippen LogP contribution in [0.15, 0.2) is 18.2 Å². The molecule has 0 heterocycles. The molecule has 0 spiro atoms. The fourth-order valence-electron chi connectivity index (χ4n) is 2.34. The van der Waals surface area contributed by atoms with Crippen LogP contribution in [0.25, 0.3) is 0 Å². The Balaban J connectivity index is 3.00. The number of esters is 1. The molecule has 0 atom stereocenters. The summed E-state index contributed by atoms with van der Waals surface area (Å²) < 4.78 is 5.16. The fraction of sp³-hybridized carbons (Fsp3) is 0.556. The molecule has 0 N–H and O–H groups in total. The Bertz CT molecular complexity index is 505. The molecule has 0 bridgehead atoms. The quantitative estimate of drug-likeness (QED) is 0.686. The molecule has 0 saturated carbocycles. The largest absolute Gasteiger partial charge is 0.462 e. The van der Waals surface area contributed by atoms with Gasteiger partial charge in [0.2, 0.25) is 0 Å². The van der Waals surface area contributed by atoms with Gasteiger partial charge in [0.25, 0.3) is 5.91 Å². The summed E-state index contributed by atoms with van der Waals surface area (Å²) in [6, 6.07) is 5.24. The molecular weight excluding hydrogens is 278 g/mol. The first-order chi connectivity index (χ1) is 10.5. The first-order valence-electron chi connectivity index (χ1n) is 8.11. The Morgan fingerprint density at radius 1 is 0.955 bits per heavy atom. The fourth-order valence-corrected chi connectivity index (χ4v) is 2.34. The number of ether oxygens (including phenoxy) is 1. The Kier molecular flexibility index (Phi) is 7.64. The van der Waals surface area contributed by atoms with Gasteiger partial charge >= 0.3 is 5.97 Å². The summed E-state index contributed by atoms with van der Waals surface area (Å²) in [7, 11) is 0. The minimum absolute atomic E-state index is 0.0167. The molecule has 1 aromatic carbocycles. The smallest absolute Gasteiger partial charge is 0.338 e. The Labute approximate surface area is 133 Å². The Hall–Kier alpha value is -1.84. The summed E-state index contributed by atoms with van der Waals surface area (Å²) in [6.07, 6.45) is 2.62. The van der Waals surface area contributed by atoms with Crippen molar-refractivity contribution in [2.75, 3.05) is 19.7 Å². The van der Waals surface area contributed by atoms with Crippen molar-refractivity contribution >= 4 is 11.9 Å². The Morgan fingerprint density at radius 3 is 2.09 bits per heavy atom. The van der Waals surface area contributed by atoms with E-state index in [1.54, 1.807) is 12.1 Å². The zero-order chi connectivity index (χ0) is 16.5. The summed E-state index contributed by atoms with van der Waals surface area (Å²) in [4.78, 5) is 26.5. The third-order valence-electron chi connectivity index (χ3n) is 3.27. The van der Waals surface area contributed by atoms with Crippen LogP contribution in [0.4, 0.5) is 0 Å². The van der Waals surface area contributed by atoms with Crippen LogP contribution in [0.2, 0.25) is 0 Å². The average Bonchev–Trinajstić information content (AvgIpc) is 2.51. The predicted octanol–water partition coefficient (Wildman–Crippen LogP) is 3.82. The van der Waals surface area contributed by atoms with E-state index in [1.165, 1.54) is 0 Å². The molecule has 0 aliphatic carbocycles. The molecule has 1 rings (SSSR count). The van der Waals surface area contributed by atoms with Gasteiger partial charge in [0.15, 0.2) is 0 Å². The minimum Gasteiger partial charge on any atom is -0.462 e. The molecule has 0 radical (unpaired) electrons. The van der Waals surface area contributed by atoms with Crippen molar-refractivity contribution < 1.29 is 14.3 Å². The summed E-state index contributed by atoms with van der Waals surface area (Å²) >= 11 is 0. The molecule has 22 heavy (non-hydrogen) atoms. The lowest BCUT2D eigenvalue weighted by atomic mass is 10.1. The SMILES string of the molecule is CCCOC(=O)c1cc(C)cc(C(=O)N(CCC)CCC)c1. The van der Waals surface area contributed by atoms with Gasteiger partial charge in [-0.25, -0.2) is 4.79 Å². The third kappa shape index (κ3) is 5.17. The van der Waals surface area contributed by atoms with Crippen LogP contribution >= 0.6 is 0 Å². The number of hydrogen-bond acceptors (Lipinski definition) is 3. The highest BCUT2D eigenvalue weighted by Gasteiger charge is 2.17. The van der Waals surface area contributed by atoms with E-state index in [1.807, 2.05) is 24.8 Å². The molecule has 0 saturated heterocycles. The topological polar surface area (TPSA) is 46.6 Å². The van der Waals surface area contributed by atoms with Gasteiger partial charge in [0.1, 0.15) is 0 Å². The maximum absolute atomic E-state index is 12.6. The van der Waals surface area contributed by atoms with Crippen LogP contribution < -0.4 is 0 Å². The molecule has 0 unspecified atom stereocenters. The van der Waals surface area contributed by atoms with E-state index in [4.69, 9.17) is 4.74 Å². The molecule has 4 heteroatoms. The van der Waals surface area contributed by atoms with Gasteiger partial charge < -0.3 is 9.64 Å². The highest BCUT2D eigenvalue weighted by atomic mass is 16.5. The lowest BCUT2D eigenvalue weighted by Gasteiger charge is -2.22. The van der Waals surface area contributed by atoms with Crippen molar-refractivity contribution in [2.45, 2.75) is 47.0 Å². The lowest BCUT2D eigenvalue weighted by molar-refractivity contribution is 0.0505. The number of hydrogen-bond donors (Lipinski definition) is 0. The first kappa shape index (κ1) is 18.2. The second kappa shape index (κ2) is 9.23. The molecule has 1 amide bonds. The first-order valence-corrected chi connectivity index (χ1v) is 8.11. The minimum atomic E-state index is -0.364. The van der Waals surface area contributed by atoms with Gasteiger partial charge in [0, 0.05) is 18.7 Å². The number of nitrogens with zero attached hydrogens (tertiary/aromatic N) is 1. The van der Waals surface area contributed by atoms with E-state index in [0.29, 0.717) is 17.7 Å². The average molecular weight is 305 g/mol. The molecule has 4 nitrogen and oxygen atoms in total. The molecule has 0 aliphatic heterocycles. The van der Waals surface area contributed by atoms with E-state index in [9.17, 15) is 9.59 Å². The number of carbonyl (C=O) groups excluding carboxylic acids is 2. The van der Waals surface area contributed by atoms with E-state index in [0.717, 1.165) is 37.9 Å². The molecule has 1 aromatic rings. The lowest BCUT2D eigenvalue weighted by Crippen LogP contribution is -2.32. The summed E-state index contributed by atoms with van der Waals surface area (Å²) in [5.74, 6) is -0.380. The molecule has 122 valence electrons. The number of amides is 1. The zero-order valence-electron chi connectivity index (χ0n) is 14.1. The molecule has 0 aromatic heterocycles. The maximum Gasteiger partial charge on any atom is 0.338 e. The highest BCUT2D eigenvalue weighted by molar-refractivity contribution is 5.98. The number of aryl methyl sites for hydroxylation is 1. The van der Waals surface area contributed by atoms with E-state index in [-0.39, 0.29) is 11.9 Å². The predicted molar refractivity (Wildman–Crippen MR) is 88.2 cm³/mol. The van der Waals surface area contributed by atoms with Crippen LogP contribution in [-0.4, -0.2) is 36.5 Å². The van der Waals surface area contributed by atoms with Crippen molar-refractivity contribution in [3.63, 3.8) is 0 Å². The van der Waals surface area contributed by atoms with Crippen LogP contribution in [0, 0.1) is 6.92 Å². The summed E-state index contributed by atoms with van der Waals surface area (Å²) in [5, 5.41) is 0. The van der Waals surface area contributed by atoms with Crippen LogP contribution in [0.3, 0.4) is 0 Å². The number of rotatable bonds is 8. The standard InChI is InChI=1S/C18H27NO3/c1-5-8-19(9-6-2)17(20)15-11-14(4)12-16(13-15)18(21)22-10-7-3/h11-13H,5-10H2,1-4H3. The normalized spacial score (nSPS) is 10.4. The van der Waals surface area contributed by atoms with Crippen LogP contribution in [0.1, 0.15) is 66.3 Å². The highest BCUT2D eigenvalue weighted by Crippen LogP contribution is 2.14. The van der Waals surface area contributed by atoms with Crippen molar-refractivity contribution in [3.8, 4) is 0 Å². The molecular formula is C18H27NO3. The van der Waals surface area contributed by atoms with Crippen LogP contribution in [0.5, 0.6) is 0 Å². The number of benzene rings is 1. The van der Waals surface area contributed by atoms with E-state index < -0.39 is 0 Å². The van der Waals surface area contributed by atoms with E-state index >= 15 is 0 Å². The Morgan fingerprint density at radius 2 is 1.55 bits per heavy atom. The van der Waals surface area contributed by atoms with Crippen molar-refractivity contribution in [1.82, 2.24) is 4.90 Å². The van der Waals surface area contributed by atoms with Crippen molar-refractivity contribution in [2.24, 2.45) is 0 Å². The van der Waals surface area contributed by atoms with Crippen LogP contribution in [-0.2, 0) is 4.74 Å². The van der Waals surface area contributed by atoms with Crippen molar-refractivity contribution in [1.29, 1.82) is 0 Å². The van der Waals surface area contributed by atoms with Gasteiger partial charge in [-0.1, -0.05) is 20.8 Å². The molecule has 0 aliphatic rings. The van der Waals surface area contributed by atoms with Gasteiger partial charge in [-0.2, -0.15) is 0 Å². The maximum atomic E-state index is 12.6. The van der Waals surface area contributed by atoms with Crippen molar-refractivity contribution in [3.05, 3.63) is 34.9 Å². The zero-order valence-corrected chi connectivity index (χ0v) is 14.1. The van der Waals surface area contributed by atoms with Gasteiger partial charge in [-0.15, -0.1) is 0 Å². The monoisotopic (exact) mass is 305 g/mol. The second-order valence-corrected chi connectivity index (χ2v) is 5.52. The second-order valence-electron chi connectivity index (χ2n) is 5.52. The molecule has 0 fully saturated rings. The summed E-state index contributed by atoms with van der Waals surface area (Å²) in [5.41, 5.74) is 1.90. The van der Waals surface area contributed by atoms with E-state index in [2.05, 4.69) is 13.8 Å². The number of carbonyl (C=O) groups is 2. The van der Waals surface area contributed by atoms with Gasteiger partial charge in [-0.3, -0.25) is 4.79 Å². The third-order valence-corrected chi connectivity index (χ3v) is 3.27. The van der Waals surface area contributed by atoms with Gasteiger partial charge in [0.05, 0.1) is 12.2 Å². The summed E-state index contributed by atoms with van der Waals surface area (Å²) in [6.45, 7) is 9.81. The van der Waals surface area contributed by atoms with Gasteiger partial charge in [-0.05, 0) is 49.9 Å².